The van der Waals surface area contributed by atoms with Gasteiger partial charge in [0.2, 0.25) is 0 Å². The van der Waals surface area contributed by atoms with Crippen LogP contribution in [0, 0.1) is 16.7 Å². The molecule has 17 heavy (non-hydrogen) atoms. The van der Waals surface area contributed by atoms with Crippen molar-refractivity contribution in [3.8, 4) is 0 Å². The molecule has 0 aromatic heterocycles. The third kappa shape index (κ3) is 1.39. The summed E-state index contributed by atoms with van der Waals surface area (Å²) in [4.78, 5) is 7.42. The van der Waals surface area contributed by atoms with Crippen molar-refractivity contribution in [2.24, 2.45) is 21.7 Å². The normalized spacial score (nSPS) is 44.9. The Labute approximate surface area is 105 Å². The van der Waals surface area contributed by atoms with Gasteiger partial charge in [0, 0.05) is 41.7 Å². The number of hydrogen-bond donors (Lipinski definition) is 0. The summed E-state index contributed by atoms with van der Waals surface area (Å²) >= 11 is 0. The van der Waals surface area contributed by atoms with Crippen molar-refractivity contribution in [1.29, 1.82) is 0 Å². The third-order valence-electron chi connectivity index (χ3n) is 5.03. The summed E-state index contributed by atoms with van der Waals surface area (Å²) in [6, 6.07) is 1.45. The molecule has 4 unspecified atom stereocenters. The van der Waals surface area contributed by atoms with E-state index in [1.807, 2.05) is 0 Å². The standard InChI is InChI=1S/C15H26N2/c1-13(2,3)12-10-8-16-9-15(10)7-11(15)17(12)14(4,5)6/h8,10-12H,7,9H2,1-6H3. The first-order valence-corrected chi connectivity index (χ1v) is 6.96. The zero-order valence-electron chi connectivity index (χ0n) is 12.1. The van der Waals surface area contributed by atoms with Crippen LogP contribution in [-0.2, 0) is 0 Å². The maximum Gasteiger partial charge on any atom is 0.0464 e. The molecule has 3 aliphatic rings. The fraction of sp³-hybridized carbons (Fsp3) is 0.933. The van der Waals surface area contributed by atoms with Gasteiger partial charge in [-0.05, 0) is 32.6 Å². The molecule has 0 aromatic carbocycles. The molecule has 2 aliphatic heterocycles. The number of hydrogen-bond acceptors (Lipinski definition) is 2. The minimum absolute atomic E-state index is 0.282. The molecule has 2 heterocycles. The Morgan fingerprint density at radius 3 is 2.35 bits per heavy atom. The first-order chi connectivity index (χ1) is 7.68. The monoisotopic (exact) mass is 234 g/mol. The molecule has 96 valence electrons. The van der Waals surface area contributed by atoms with Crippen LogP contribution in [0.4, 0.5) is 0 Å². The molecule has 2 fully saturated rings. The summed E-state index contributed by atoms with van der Waals surface area (Å²) in [5.41, 5.74) is 1.16. The van der Waals surface area contributed by atoms with Crippen LogP contribution < -0.4 is 0 Å². The highest BCUT2D eigenvalue weighted by molar-refractivity contribution is 5.69. The Balaban J connectivity index is 2.02. The molecule has 0 radical (unpaired) electrons. The van der Waals surface area contributed by atoms with Gasteiger partial charge in [-0.2, -0.15) is 0 Å². The number of likely N-dealkylation sites (tertiary alicyclic amines) is 1. The molecule has 0 bridgehead atoms. The van der Waals surface area contributed by atoms with Crippen LogP contribution in [0.1, 0.15) is 48.0 Å². The quantitative estimate of drug-likeness (QED) is 0.629. The molecule has 4 atom stereocenters. The average molecular weight is 234 g/mol. The molecule has 0 N–H and O–H groups in total. The van der Waals surface area contributed by atoms with Gasteiger partial charge in [0.1, 0.15) is 0 Å². The van der Waals surface area contributed by atoms with Crippen LogP contribution in [0.5, 0.6) is 0 Å². The van der Waals surface area contributed by atoms with Crippen molar-refractivity contribution < 1.29 is 0 Å². The van der Waals surface area contributed by atoms with Crippen molar-refractivity contribution in [3.63, 3.8) is 0 Å². The summed E-state index contributed by atoms with van der Waals surface area (Å²) in [7, 11) is 0. The van der Waals surface area contributed by atoms with E-state index < -0.39 is 0 Å². The summed E-state index contributed by atoms with van der Waals surface area (Å²) in [5, 5.41) is 0. The first kappa shape index (κ1) is 11.7. The number of rotatable bonds is 0. The Hall–Kier alpha value is -0.370. The predicted octanol–water partition coefficient (Wildman–Crippen LogP) is 2.97. The van der Waals surface area contributed by atoms with Gasteiger partial charge in [0.15, 0.2) is 0 Å². The second kappa shape index (κ2) is 2.96. The fourth-order valence-corrected chi connectivity index (χ4v) is 4.40. The van der Waals surface area contributed by atoms with E-state index in [-0.39, 0.29) is 5.54 Å². The minimum Gasteiger partial charge on any atom is -0.296 e. The zero-order valence-corrected chi connectivity index (χ0v) is 12.1. The van der Waals surface area contributed by atoms with Gasteiger partial charge in [-0.1, -0.05) is 20.8 Å². The van der Waals surface area contributed by atoms with Gasteiger partial charge < -0.3 is 0 Å². The Kier molecular flexibility index (Phi) is 2.04. The van der Waals surface area contributed by atoms with E-state index in [0.29, 0.717) is 22.8 Å². The van der Waals surface area contributed by atoms with Gasteiger partial charge in [-0.3, -0.25) is 9.89 Å². The Bertz CT molecular complexity index is 371. The molecule has 1 saturated carbocycles. The highest BCUT2D eigenvalue weighted by atomic mass is 15.3. The third-order valence-corrected chi connectivity index (χ3v) is 5.03. The van der Waals surface area contributed by atoms with E-state index in [1.54, 1.807) is 0 Å². The molecule has 1 saturated heterocycles. The van der Waals surface area contributed by atoms with Crippen molar-refractivity contribution >= 4 is 6.21 Å². The van der Waals surface area contributed by atoms with E-state index in [9.17, 15) is 0 Å². The lowest BCUT2D eigenvalue weighted by Gasteiger charge is -2.46. The van der Waals surface area contributed by atoms with Crippen molar-refractivity contribution in [2.75, 3.05) is 6.54 Å². The summed E-state index contributed by atoms with van der Waals surface area (Å²) in [6.07, 6.45) is 3.66. The van der Waals surface area contributed by atoms with E-state index in [0.717, 1.165) is 12.6 Å². The average Bonchev–Trinajstić information content (AvgIpc) is 2.54. The molecular formula is C15H26N2. The molecule has 2 nitrogen and oxygen atoms in total. The van der Waals surface area contributed by atoms with E-state index in [2.05, 4.69) is 57.6 Å². The van der Waals surface area contributed by atoms with E-state index in [4.69, 9.17) is 0 Å². The first-order valence-electron chi connectivity index (χ1n) is 6.96. The van der Waals surface area contributed by atoms with Crippen LogP contribution in [0.15, 0.2) is 4.99 Å². The van der Waals surface area contributed by atoms with Gasteiger partial charge in [-0.15, -0.1) is 0 Å². The van der Waals surface area contributed by atoms with E-state index >= 15 is 0 Å². The summed E-state index contributed by atoms with van der Waals surface area (Å²) in [5.74, 6) is 0.701. The lowest BCUT2D eigenvalue weighted by atomic mass is 9.74. The Morgan fingerprint density at radius 1 is 1.18 bits per heavy atom. The molecule has 0 amide bonds. The molecule has 1 spiro atoms. The lowest BCUT2D eigenvalue weighted by Crippen LogP contribution is -2.54. The molecular weight excluding hydrogens is 208 g/mol. The van der Waals surface area contributed by atoms with Crippen molar-refractivity contribution in [3.05, 3.63) is 0 Å². The van der Waals surface area contributed by atoms with Crippen LogP contribution in [0.3, 0.4) is 0 Å². The number of piperidine rings is 1. The van der Waals surface area contributed by atoms with Crippen LogP contribution in [0.2, 0.25) is 0 Å². The Morgan fingerprint density at radius 2 is 1.82 bits per heavy atom. The molecule has 3 rings (SSSR count). The maximum absolute atomic E-state index is 4.61. The summed E-state index contributed by atoms with van der Waals surface area (Å²) < 4.78 is 0. The number of nitrogens with zero attached hydrogens (tertiary/aromatic N) is 2. The zero-order chi connectivity index (χ0) is 12.6. The van der Waals surface area contributed by atoms with Crippen molar-refractivity contribution in [2.45, 2.75) is 65.6 Å². The topological polar surface area (TPSA) is 15.6 Å². The highest BCUT2D eigenvalue weighted by Crippen LogP contribution is 2.67. The highest BCUT2D eigenvalue weighted by Gasteiger charge is 2.73. The SMILES string of the molecule is CC(C)(C)C1C2C=NCC23CC3N1C(C)(C)C. The van der Waals surface area contributed by atoms with Gasteiger partial charge >= 0.3 is 0 Å². The van der Waals surface area contributed by atoms with E-state index in [1.165, 1.54) is 6.42 Å². The second-order valence-corrected chi connectivity index (χ2v) is 8.36. The maximum atomic E-state index is 4.61. The van der Waals surface area contributed by atoms with Gasteiger partial charge in [0.25, 0.3) is 0 Å². The lowest BCUT2D eigenvalue weighted by molar-refractivity contribution is 0.0267. The summed E-state index contributed by atoms with van der Waals surface area (Å²) in [6.45, 7) is 15.4. The van der Waals surface area contributed by atoms with Crippen molar-refractivity contribution in [1.82, 2.24) is 4.90 Å². The molecule has 1 aliphatic carbocycles. The number of aliphatic imine (C=N–C) groups is 1. The molecule has 0 aromatic rings. The predicted molar refractivity (Wildman–Crippen MR) is 72.5 cm³/mol. The smallest absolute Gasteiger partial charge is 0.0464 e. The fourth-order valence-electron chi connectivity index (χ4n) is 4.40. The van der Waals surface area contributed by atoms with Crippen LogP contribution >= 0.6 is 0 Å². The largest absolute Gasteiger partial charge is 0.296 e. The van der Waals surface area contributed by atoms with Gasteiger partial charge in [0.05, 0.1) is 0 Å². The second-order valence-electron chi connectivity index (χ2n) is 8.36. The molecule has 2 heteroatoms. The van der Waals surface area contributed by atoms with Crippen LogP contribution in [-0.4, -0.2) is 35.3 Å². The van der Waals surface area contributed by atoms with Crippen LogP contribution in [0.25, 0.3) is 0 Å². The van der Waals surface area contributed by atoms with Gasteiger partial charge in [-0.25, -0.2) is 0 Å². The minimum atomic E-state index is 0.282.